The van der Waals surface area contributed by atoms with Crippen LogP contribution in [0.3, 0.4) is 0 Å². The molecule has 0 saturated carbocycles. The van der Waals surface area contributed by atoms with Crippen LogP contribution >= 0.6 is 0 Å². The molecular weight excluding hydrogens is 417 g/mol. The van der Waals surface area contributed by atoms with Gasteiger partial charge in [-0.3, -0.25) is 0 Å². The average molecular weight is 443 g/mol. The Hall–Kier alpha value is 0.0361. The van der Waals surface area contributed by atoms with Gasteiger partial charge < -0.3 is 0 Å². The quantitative estimate of drug-likeness (QED) is 0.769. The predicted molar refractivity (Wildman–Crippen MR) is 80.9 cm³/mol. The average Bonchev–Trinajstić information content (AvgIpc) is 2.45. The predicted octanol–water partition coefficient (Wildman–Crippen LogP) is 2.33. The van der Waals surface area contributed by atoms with Gasteiger partial charge in [0.2, 0.25) is 0 Å². The molecule has 0 unspecified atom stereocenters. The molecular formula is C15H26N2Po. The minimum atomic E-state index is 0.914. The van der Waals surface area contributed by atoms with Crippen molar-refractivity contribution in [1.82, 2.24) is 8.12 Å². The number of nitrogens with zero attached hydrogens (tertiary/aromatic N) is 1. The third-order valence-corrected chi connectivity index (χ3v) is 4.05. The molecule has 0 aromatic heterocycles. The van der Waals surface area contributed by atoms with Crippen LogP contribution in [0.2, 0.25) is 0 Å². The van der Waals surface area contributed by atoms with E-state index in [4.69, 9.17) is 0 Å². The molecule has 1 saturated heterocycles. The molecule has 0 radical (unpaired) electrons. The van der Waals surface area contributed by atoms with Gasteiger partial charge in [-0.05, 0) is 0 Å². The van der Waals surface area contributed by atoms with E-state index in [1.165, 1.54) is 63.4 Å². The zero-order chi connectivity index (χ0) is 13.2. The first-order chi connectivity index (χ1) is 8.88. The first kappa shape index (κ1) is 16.1. The molecule has 0 bridgehead atoms. The molecule has 3 heteroatoms. The summed E-state index contributed by atoms with van der Waals surface area (Å²) < 4.78 is 3.39. The Morgan fingerprint density at radius 2 is 1.78 bits per heavy atom. The summed E-state index contributed by atoms with van der Waals surface area (Å²) in [7, 11) is 0. The van der Waals surface area contributed by atoms with Crippen molar-refractivity contribution < 1.29 is 0 Å². The molecule has 0 aliphatic carbocycles. The standard InChI is InChI=1S/C13H19N2.C2H6.Po.H/c14-10-12-6-8-15(9-7-12)11-13-4-2-1-3-5-13;1-2;;/h1-5,12,14H,6-11H2;1-2H3;;/q-1;;+1;. The van der Waals surface area contributed by atoms with E-state index in [0.717, 1.165) is 12.5 Å². The molecule has 102 valence electrons. The summed E-state index contributed by atoms with van der Waals surface area (Å²) in [6, 6.07) is 10.8. The maximum absolute atomic E-state index is 3.39. The van der Waals surface area contributed by atoms with Crippen molar-refractivity contribution in [3.05, 3.63) is 35.9 Å². The van der Waals surface area contributed by atoms with Crippen molar-refractivity contribution in [2.24, 2.45) is 5.92 Å². The third-order valence-electron chi connectivity index (χ3n) is 3.34. The molecule has 1 aliphatic rings. The van der Waals surface area contributed by atoms with Gasteiger partial charge in [-0.25, -0.2) is 0 Å². The van der Waals surface area contributed by atoms with Crippen molar-refractivity contribution in [3.8, 4) is 0 Å². The summed E-state index contributed by atoms with van der Waals surface area (Å²) in [5, 5.41) is 0. The van der Waals surface area contributed by atoms with E-state index in [0.29, 0.717) is 0 Å². The maximum atomic E-state index is 3.39. The van der Waals surface area contributed by atoms with Crippen LogP contribution in [0.1, 0.15) is 32.3 Å². The van der Waals surface area contributed by atoms with Crippen LogP contribution in [-0.2, 0) is 6.54 Å². The molecule has 0 spiro atoms. The van der Waals surface area contributed by atoms with E-state index in [9.17, 15) is 0 Å². The summed E-state index contributed by atoms with van der Waals surface area (Å²) in [4.78, 5) is 2.58. The van der Waals surface area contributed by atoms with Gasteiger partial charge in [0.1, 0.15) is 0 Å². The fraction of sp³-hybridized carbons (Fsp3) is 0.600. The van der Waals surface area contributed by atoms with Gasteiger partial charge >= 0.3 is 114 Å². The van der Waals surface area contributed by atoms with Crippen molar-refractivity contribution in [1.29, 1.82) is 0 Å². The summed E-state index contributed by atoms with van der Waals surface area (Å²) in [5.41, 5.74) is 1.44. The molecule has 0 atom stereocenters. The molecule has 2 rings (SSSR count). The second kappa shape index (κ2) is 9.90. The van der Waals surface area contributed by atoms with Crippen LogP contribution < -0.4 is 3.22 Å². The van der Waals surface area contributed by atoms with Gasteiger partial charge in [0.05, 0.1) is 0 Å². The fourth-order valence-corrected chi connectivity index (χ4v) is 3.32. The summed E-state index contributed by atoms with van der Waals surface area (Å²) in [5.74, 6) is 0.914. The van der Waals surface area contributed by atoms with Crippen molar-refractivity contribution in [3.63, 3.8) is 0 Å². The van der Waals surface area contributed by atoms with Crippen LogP contribution in [-0.4, -0.2) is 49.9 Å². The second-order valence-corrected chi connectivity index (χ2v) is 5.80. The van der Waals surface area contributed by atoms with Crippen molar-refractivity contribution in [2.75, 3.05) is 19.6 Å². The second-order valence-electron chi connectivity index (χ2n) is 4.57. The molecule has 1 aliphatic heterocycles. The van der Waals surface area contributed by atoms with Crippen LogP contribution in [0.15, 0.2) is 30.3 Å². The molecule has 1 fully saturated rings. The Morgan fingerprint density at radius 1 is 1.17 bits per heavy atom. The molecule has 1 N–H and O–H groups in total. The molecule has 2 nitrogen and oxygen atoms in total. The fourth-order valence-electron chi connectivity index (χ4n) is 2.32. The van der Waals surface area contributed by atoms with Crippen LogP contribution in [0, 0.1) is 5.92 Å². The molecule has 1 heterocycles. The number of hydrogen-bond donors (Lipinski definition) is 1. The number of hydrogen-bond acceptors (Lipinski definition) is 2. The van der Waals surface area contributed by atoms with Gasteiger partial charge in [0, 0.05) is 0 Å². The first-order valence-electron chi connectivity index (χ1n) is 7.01. The van der Waals surface area contributed by atoms with Crippen LogP contribution in [0.5, 0.6) is 0 Å². The number of likely N-dealkylation sites (tertiary alicyclic amines) is 1. The Kier molecular flexibility index (Phi) is 8.85. The number of benzene rings is 1. The zero-order valence-electron chi connectivity index (χ0n) is 11.6. The first-order valence-corrected chi connectivity index (χ1v) is 8.75. The van der Waals surface area contributed by atoms with Crippen LogP contribution in [0.25, 0.3) is 0 Å². The monoisotopic (exact) mass is 443 g/mol. The zero-order valence-corrected chi connectivity index (χ0v) is 15.1. The van der Waals surface area contributed by atoms with E-state index in [-0.39, 0.29) is 0 Å². The van der Waals surface area contributed by atoms with E-state index in [1.807, 2.05) is 13.8 Å². The third kappa shape index (κ3) is 5.78. The Bertz CT molecular complexity index is 295. The number of nitrogens with one attached hydrogen (secondary N) is 1. The Morgan fingerprint density at radius 3 is 2.33 bits per heavy atom. The SMILES string of the molecule is CC.[PoH][NH]CC1CCN(Cc2ccccc2)CC1. The molecule has 0 amide bonds. The normalized spacial score (nSPS) is 17.1. The molecule has 1 aromatic carbocycles. The van der Waals surface area contributed by atoms with E-state index >= 15 is 0 Å². The van der Waals surface area contributed by atoms with Gasteiger partial charge in [-0.1, -0.05) is 13.8 Å². The molecule has 18 heavy (non-hydrogen) atoms. The van der Waals surface area contributed by atoms with Gasteiger partial charge in [0.25, 0.3) is 0 Å². The minimum absolute atomic E-state index is 0.914. The number of rotatable bonds is 4. The molecule has 1 aromatic rings. The topological polar surface area (TPSA) is 15.3 Å². The summed E-state index contributed by atoms with van der Waals surface area (Å²) in [6.07, 6.45) is 2.72. The van der Waals surface area contributed by atoms with Gasteiger partial charge in [0.15, 0.2) is 0 Å². The van der Waals surface area contributed by atoms with E-state index < -0.39 is 0 Å². The van der Waals surface area contributed by atoms with Crippen molar-refractivity contribution in [2.45, 2.75) is 33.2 Å². The Labute approximate surface area is 128 Å². The van der Waals surface area contributed by atoms with Crippen LogP contribution in [0.4, 0.5) is 0 Å². The summed E-state index contributed by atoms with van der Waals surface area (Å²) >= 11 is 1.32. The van der Waals surface area contributed by atoms with Gasteiger partial charge in [-0.2, -0.15) is 0 Å². The Balaban J connectivity index is 0.000000771. The van der Waals surface area contributed by atoms with E-state index in [2.05, 4.69) is 38.4 Å². The van der Waals surface area contributed by atoms with Crippen molar-refractivity contribution >= 4 is 25.4 Å². The van der Waals surface area contributed by atoms with E-state index in [1.54, 1.807) is 0 Å². The number of piperidine rings is 1. The van der Waals surface area contributed by atoms with Gasteiger partial charge in [-0.15, -0.1) is 0 Å². The summed E-state index contributed by atoms with van der Waals surface area (Å²) in [6.45, 7) is 8.88.